The molecule has 0 aliphatic carbocycles. The fourth-order valence-corrected chi connectivity index (χ4v) is 2.23. The Morgan fingerprint density at radius 2 is 2.00 bits per heavy atom. The van der Waals surface area contributed by atoms with Crippen molar-refractivity contribution >= 4 is 17.0 Å². The van der Waals surface area contributed by atoms with Gasteiger partial charge in [0.1, 0.15) is 11.3 Å². The van der Waals surface area contributed by atoms with Gasteiger partial charge in [-0.25, -0.2) is 14.2 Å². The lowest BCUT2D eigenvalue weighted by Gasteiger charge is -2.03. The minimum absolute atomic E-state index is 0.176. The molecule has 0 saturated carbocycles. The molecule has 2 aromatic carbocycles. The molecule has 20 heavy (non-hydrogen) atoms. The highest BCUT2D eigenvalue weighted by Crippen LogP contribution is 2.25. The molecule has 100 valence electrons. The Morgan fingerprint density at radius 3 is 2.70 bits per heavy atom. The lowest BCUT2D eigenvalue weighted by Crippen LogP contribution is -1.98. The lowest BCUT2D eigenvalue weighted by molar-refractivity contribution is 0.0697. The van der Waals surface area contributed by atoms with Crippen molar-refractivity contribution in [1.82, 2.24) is 9.55 Å². The van der Waals surface area contributed by atoms with Crippen LogP contribution in [0.1, 0.15) is 10.4 Å². The first-order valence-corrected chi connectivity index (χ1v) is 6.02. The van der Waals surface area contributed by atoms with E-state index >= 15 is 0 Å². The van der Waals surface area contributed by atoms with Crippen LogP contribution >= 0.6 is 0 Å². The highest BCUT2D eigenvalue weighted by molar-refractivity contribution is 5.89. The van der Waals surface area contributed by atoms with Gasteiger partial charge in [0.2, 0.25) is 0 Å². The molecule has 3 aromatic rings. The molecule has 0 bridgehead atoms. The van der Waals surface area contributed by atoms with Gasteiger partial charge in [0.05, 0.1) is 11.1 Å². The molecule has 0 radical (unpaired) electrons. The van der Waals surface area contributed by atoms with Crippen molar-refractivity contribution < 1.29 is 14.3 Å². The maximum Gasteiger partial charge on any atom is 0.335 e. The van der Waals surface area contributed by atoms with Crippen molar-refractivity contribution in [3.05, 3.63) is 53.8 Å². The Hall–Kier alpha value is -2.69. The third-order valence-corrected chi connectivity index (χ3v) is 3.23. The maximum atomic E-state index is 13.7. The molecule has 3 rings (SSSR count). The third-order valence-electron chi connectivity index (χ3n) is 3.23. The standard InChI is InChI=1S/C15H11FN2O2/c1-18-12-7-3-6-11(16)13(12)17-14(18)9-4-2-5-10(8-9)15(19)20/h2-8H,1H3,(H,19,20). The topological polar surface area (TPSA) is 55.1 Å². The van der Waals surface area contributed by atoms with Crippen molar-refractivity contribution in [3.8, 4) is 11.4 Å². The summed E-state index contributed by atoms with van der Waals surface area (Å²) in [5, 5.41) is 9.02. The fraction of sp³-hybridized carbons (Fsp3) is 0.0667. The van der Waals surface area contributed by atoms with Crippen molar-refractivity contribution in [3.63, 3.8) is 0 Å². The zero-order chi connectivity index (χ0) is 14.3. The highest BCUT2D eigenvalue weighted by atomic mass is 19.1. The summed E-state index contributed by atoms with van der Waals surface area (Å²) in [6, 6.07) is 11.2. The zero-order valence-corrected chi connectivity index (χ0v) is 10.7. The number of carboxylic acids is 1. The average Bonchev–Trinajstić information content (AvgIpc) is 2.78. The number of fused-ring (bicyclic) bond motifs is 1. The number of benzene rings is 2. The molecule has 5 heteroatoms. The second-order valence-electron chi connectivity index (χ2n) is 4.49. The number of aryl methyl sites for hydroxylation is 1. The predicted molar refractivity (Wildman–Crippen MR) is 73.1 cm³/mol. The quantitative estimate of drug-likeness (QED) is 0.778. The summed E-state index contributed by atoms with van der Waals surface area (Å²) < 4.78 is 15.5. The zero-order valence-electron chi connectivity index (χ0n) is 10.7. The Morgan fingerprint density at radius 1 is 1.25 bits per heavy atom. The molecular formula is C15H11FN2O2. The molecule has 0 spiro atoms. The van der Waals surface area contributed by atoms with Crippen molar-refractivity contribution in [2.45, 2.75) is 0 Å². The van der Waals surface area contributed by atoms with Crippen LogP contribution in [0, 0.1) is 5.82 Å². The van der Waals surface area contributed by atoms with Crippen LogP contribution in [0.4, 0.5) is 4.39 Å². The first kappa shape index (κ1) is 12.3. The van der Waals surface area contributed by atoms with Crippen LogP contribution in [0.15, 0.2) is 42.5 Å². The fourth-order valence-electron chi connectivity index (χ4n) is 2.23. The van der Waals surface area contributed by atoms with E-state index in [2.05, 4.69) is 4.98 Å². The average molecular weight is 270 g/mol. The van der Waals surface area contributed by atoms with E-state index in [9.17, 15) is 9.18 Å². The number of aromatic nitrogens is 2. The van der Waals surface area contributed by atoms with Crippen molar-refractivity contribution in [2.24, 2.45) is 7.05 Å². The smallest absolute Gasteiger partial charge is 0.335 e. The van der Waals surface area contributed by atoms with Gasteiger partial charge in [-0.3, -0.25) is 0 Å². The monoisotopic (exact) mass is 270 g/mol. The summed E-state index contributed by atoms with van der Waals surface area (Å²) >= 11 is 0. The van der Waals surface area contributed by atoms with E-state index in [-0.39, 0.29) is 11.1 Å². The number of rotatable bonds is 2. The molecule has 1 N–H and O–H groups in total. The number of halogens is 1. The maximum absolute atomic E-state index is 13.7. The number of aromatic carboxylic acids is 1. The van der Waals surface area contributed by atoms with E-state index in [1.165, 1.54) is 18.2 Å². The van der Waals surface area contributed by atoms with Gasteiger partial charge < -0.3 is 9.67 Å². The molecule has 0 atom stereocenters. The van der Waals surface area contributed by atoms with E-state index in [1.54, 1.807) is 35.9 Å². The van der Waals surface area contributed by atoms with Crippen LogP contribution in [-0.2, 0) is 7.05 Å². The molecule has 1 heterocycles. The summed E-state index contributed by atoms with van der Waals surface area (Å²) in [5.41, 5.74) is 1.77. The van der Waals surface area contributed by atoms with Crippen LogP contribution in [0.3, 0.4) is 0 Å². The largest absolute Gasteiger partial charge is 0.478 e. The molecule has 0 amide bonds. The van der Waals surface area contributed by atoms with Gasteiger partial charge in [-0.1, -0.05) is 18.2 Å². The van der Waals surface area contributed by atoms with Crippen molar-refractivity contribution in [1.29, 1.82) is 0 Å². The number of imidazole rings is 1. The Labute approximate surface area is 114 Å². The SMILES string of the molecule is Cn1c(-c2cccc(C(=O)O)c2)nc2c(F)cccc21. The van der Waals surface area contributed by atoms with E-state index in [1.807, 2.05) is 0 Å². The minimum Gasteiger partial charge on any atom is -0.478 e. The predicted octanol–water partition coefficient (Wildman–Crippen LogP) is 3.08. The van der Waals surface area contributed by atoms with Crippen LogP contribution in [0.25, 0.3) is 22.4 Å². The van der Waals surface area contributed by atoms with Crippen LogP contribution < -0.4 is 0 Å². The Kier molecular flexibility index (Phi) is 2.75. The number of para-hydroxylation sites is 1. The van der Waals surface area contributed by atoms with E-state index in [0.29, 0.717) is 16.9 Å². The van der Waals surface area contributed by atoms with Gasteiger partial charge >= 0.3 is 5.97 Å². The normalized spacial score (nSPS) is 10.9. The second kappa shape index (κ2) is 4.45. The Bertz CT molecular complexity index is 824. The van der Waals surface area contributed by atoms with Crippen LogP contribution in [-0.4, -0.2) is 20.6 Å². The van der Waals surface area contributed by atoms with Gasteiger partial charge in [-0.2, -0.15) is 0 Å². The molecular weight excluding hydrogens is 259 g/mol. The summed E-state index contributed by atoms with van der Waals surface area (Å²) in [6.45, 7) is 0. The van der Waals surface area contributed by atoms with Gasteiger partial charge in [-0.05, 0) is 24.3 Å². The van der Waals surface area contributed by atoms with Crippen LogP contribution in [0.5, 0.6) is 0 Å². The van der Waals surface area contributed by atoms with Gasteiger partial charge in [0.25, 0.3) is 0 Å². The summed E-state index contributed by atoms with van der Waals surface area (Å²) in [6.07, 6.45) is 0. The third kappa shape index (κ3) is 1.84. The van der Waals surface area contributed by atoms with Gasteiger partial charge in [0, 0.05) is 12.6 Å². The second-order valence-corrected chi connectivity index (χ2v) is 4.49. The lowest BCUT2D eigenvalue weighted by atomic mass is 10.1. The number of carboxylic acid groups (broad SMARTS) is 1. The Balaban J connectivity index is 2.25. The van der Waals surface area contributed by atoms with E-state index in [0.717, 1.165) is 0 Å². The molecule has 1 aromatic heterocycles. The summed E-state index contributed by atoms with van der Waals surface area (Å²) in [4.78, 5) is 15.3. The number of nitrogens with zero attached hydrogens (tertiary/aromatic N) is 2. The highest BCUT2D eigenvalue weighted by Gasteiger charge is 2.13. The molecule has 0 aliphatic heterocycles. The molecule has 4 nitrogen and oxygen atoms in total. The molecule has 0 aliphatic rings. The summed E-state index contributed by atoms with van der Waals surface area (Å²) in [5.74, 6) is -0.858. The minimum atomic E-state index is -1.00. The summed E-state index contributed by atoms with van der Waals surface area (Å²) in [7, 11) is 1.78. The number of carbonyl (C=O) groups is 1. The molecule has 0 saturated heterocycles. The number of hydrogen-bond donors (Lipinski definition) is 1. The number of hydrogen-bond acceptors (Lipinski definition) is 2. The van der Waals surface area contributed by atoms with Crippen molar-refractivity contribution in [2.75, 3.05) is 0 Å². The van der Waals surface area contributed by atoms with Gasteiger partial charge in [-0.15, -0.1) is 0 Å². The molecule has 0 fully saturated rings. The van der Waals surface area contributed by atoms with E-state index in [4.69, 9.17) is 5.11 Å². The molecule has 0 unspecified atom stereocenters. The first-order valence-electron chi connectivity index (χ1n) is 6.02. The van der Waals surface area contributed by atoms with Gasteiger partial charge in [0.15, 0.2) is 5.82 Å². The van der Waals surface area contributed by atoms with E-state index < -0.39 is 11.8 Å². The van der Waals surface area contributed by atoms with Crippen LogP contribution in [0.2, 0.25) is 0 Å². The first-order chi connectivity index (χ1) is 9.58.